The van der Waals surface area contributed by atoms with Gasteiger partial charge >= 0.3 is 0 Å². The second-order valence-corrected chi connectivity index (χ2v) is 4.53. The fraction of sp³-hybridized carbons (Fsp3) is 0.250. The lowest BCUT2D eigenvalue weighted by Crippen LogP contribution is -2.23. The Morgan fingerprint density at radius 2 is 2.38 bits per heavy atom. The number of hydrogen-bond donors (Lipinski definition) is 0. The molecule has 4 nitrogen and oxygen atoms in total. The van der Waals surface area contributed by atoms with Crippen LogP contribution < -0.4 is 0 Å². The molecule has 0 spiro atoms. The average Bonchev–Trinajstić information content (AvgIpc) is 2.57. The van der Waals surface area contributed by atoms with Crippen molar-refractivity contribution in [2.45, 2.75) is 6.54 Å². The molecule has 1 heterocycles. The van der Waals surface area contributed by atoms with Crippen molar-refractivity contribution in [3.63, 3.8) is 0 Å². The summed E-state index contributed by atoms with van der Waals surface area (Å²) < 4.78 is 28.6. The SMILES string of the molecule is C=CS(=O)(=O)N(C)Cc1ccco1. The van der Waals surface area contributed by atoms with Gasteiger partial charge in [-0.25, -0.2) is 8.42 Å². The van der Waals surface area contributed by atoms with Gasteiger partial charge in [0.25, 0.3) is 0 Å². The van der Waals surface area contributed by atoms with E-state index in [1.165, 1.54) is 17.6 Å². The largest absolute Gasteiger partial charge is 0.468 e. The van der Waals surface area contributed by atoms with Crippen LogP contribution >= 0.6 is 0 Å². The van der Waals surface area contributed by atoms with Gasteiger partial charge < -0.3 is 4.42 Å². The third-order valence-corrected chi connectivity index (χ3v) is 3.02. The van der Waals surface area contributed by atoms with Crippen molar-refractivity contribution in [2.24, 2.45) is 0 Å². The minimum atomic E-state index is -3.34. The normalized spacial score (nSPS) is 11.8. The Morgan fingerprint density at radius 3 is 2.85 bits per heavy atom. The molecule has 13 heavy (non-hydrogen) atoms. The van der Waals surface area contributed by atoms with Crippen LogP contribution in [0.4, 0.5) is 0 Å². The van der Waals surface area contributed by atoms with E-state index in [0.29, 0.717) is 5.76 Å². The molecule has 0 N–H and O–H groups in total. The predicted octanol–water partition coefficient (Wildman–Crippen LogP) is 1.18. The Kier molecular flexibility index (Phi) is 2.90. The molecular weight excluding hydrogens is 190 g/mol. The molecule has 0 aliphatic carbocycles. The molecule has 0 aliphatic rings. The van der Waals surface area contributed by atoms with Crippen molar-refractivity contribution < 1.29 is 12.8 Å². The summed E-state index contributed by atoms with van der Waals surface area (Å²) in [6.45, 7) is 3.45. The molecule has 0 unspecified atom stereocenters. The summed E-state index contributed by atoms with van der Waals surface area (Å²) >= 11 is 0. The number of nitrogens with zero attached hydrogens (tertiary/aromatic N) is 1. The molecule has 5 heteroatoms. The van der Waals surface area contributed by atoms with Crippen LogP contribution in [0.5, 0.6) is 0 Å². The van der Waals surface area contributed by atoms with Crippen molar-refractivity contribution in [3.8, 4) is 0 Å². The molecule has 1 aromatic rings. The van der Waals surface area contributed by atoms with E-state index in [9.17, 15) is 8.42 Å². The lowest BCUT2D eigenvalue weighted by Gasteiger charge is -2.11. The van der Waals surface area contributed by atoms with Crippen molar-refractivity contribution in [3.05, 3.63) is 36.1 Å². The van der Waals surface area contributed by atoms with E-state index in [1.807, 2.05) is 0 Å². The Morgan fingerprint density at radius 1 is 1.69 bits per heavy atom. The number of sulfonamides is 1. The molecule has 1 aromatic heterocycles. The van der Waals surface area contributed by atoms with Crippen molar-refractivity contribution >= 4 is 10.0 Å². The van der Waals surface area contributed by atoms with Gasteiger partial charge in [0.1, 0.15) is 5.76 Å². The van der Waals surface area contributed by atoms with Gasteiger partial charge in [-0.3, -0.25) is 0 Å². The van der Waals surface area contributed by atoms with Crippen LogP contribution in [0.25, 0.3) is 0 Å². The molecule has 0 fully saturated rings. The van der Waals surface area contributed by atoms with Gasteiger partial charge in [-0.15, -0.1) is 0 Å². The van der Waals surface area contributed by atoms with Crippen LogP contribution in [-0.4, -0.2) is 19.8 Å². The second-order valence-electron chi connectivity index (χ2n) is 2.55. The van der Waals surface area contributed by atoms with E-state index in [0.717, 1.165) is 5.41 Å². The minimum Gasteiger partial charge on any atom is -0.468 e. The van der Waals surface area contributed by atoms with Gasteiger partial charge in [0.05, 0.1) is 12.8 Å². The molecule has 0 aromatic carbocycles. The summed E-state index contributed by atoms with van der Waals surface area (Å²) in [5, 5.41) is 0.913. The van der Waals surface area contributed by atoms with Gasteiger partial charge in [-0.2, -0.15) is 4.31 Å². The number of rotatable bonds is 4. The second kappa shape index (κ2) is 3.76. The fourth-order valence-corrected chi connectivity index (χ4v) is 1.40. The summed E-state index contributed by atoms with van der Waals surface area (Å²) in [5.41, 5.74) is 0. The van der Waals surface area contributed by atoms with Crippen LogP contribution in [0.15, 0.2) is 34.8 Å². The summed E-state index contributed by atoms with van der Waals surface area (Å²) in [6.07, 6.45) is 1.50. The summed E-state index contributed by atoms with van der Waals surface area (Å²) in [6, 6.07) is 3.43. The quantitative estimate of drug-likeness (QED) is 0.735. The topological polar surface area (TPSA) is 50.5 Å². The van der Waals surface area contributed by atoms with E-state index in [-0.39, 0.29) is 6.54 Å². The van der Waals surface area contributed by atoms with Crippen LogP contribution in [0, 0.1) is 0 Å². The average molecular weight is 201 g/mol. The first-order valence-electron chi connectivity index (χ1n) is 3.67. The van der Waals surface area contributed by atoms with E-state index in [4.69, 9.17) is 4.42 Å². The molecule has 0 saturated carbocycles. The maximum atomic E-state index is 11.2. The molecule has 72 valence electrons. The number of furan rings is 1. The van der Waals surface area contributed by atoms with Crippen LogP contribution in [0.1, 0.15) is 5.76 Å². The summed E-state index contributed by atoms with van der Waals surface area (Å²) in [4.78, 5) is 0. The van der Waals surface area contributed by atoms with Gasteiger partial charge in [-0.1, -0.05) is 6.58 Å². The number of hydrogen-bond acceptors (Lipinski definition) is 3. The molecule has 0 saturated heterocycles. The van der Waals surface area contributed by atoms with Gasteiger partial charge in [0.2, 0.25) is 10.0 Å². The highest BCUT2D eigenvalue weighted by molar-refractivity contribution is 7.91. The highest BCUT2D eigenvalue weighted by Gasteiger charge is 2.14. The Bertz CT molecular complexity index is 366. The first-order valence-corrected chi connectivity index (χ1v) is 5.18. The Balaban J connectivity index is 2.72. The van der Waals surface area contributed by atoms with Gasteiger partial charge in [0.15, 0.2) is 0 Å². The van der Waals surface area contributed by atoms with Crippen molar-refractivity contribution in [1.29, 1.82) is 0 Å². The van der Waals surface area contributed by atoms with E-state index < -0.39 is 10.0 Å². The Labute approximate surface area is 77.5 Å². The molecule has 0 atom stereocenters. The lowest BCUT2D eigenvalue weighted by molar-refractivity contribution is 0.410. The molecular formula is C8H11NO3S. The lowest BCUT2D eigenvalue weighted by atomic mass is 10.4. The Hall–Kier alpha value is -1.07. The third kappa shape index (κ3) is 2.43. The summed E-state index contributed by atoms with van der Waals surface area (Å²) in [5.74, 6) is 0.605. The molecule has 0 radical (unpaired) electrons. The van der Waals surface area contributed by atoms with E-state index in [1.54, 1.807) is 12.1 Å². The monoisotopic (exact) mass is 201 g/mol. The van der Waals surface area contributed by atoms with Gasteiger partial charge in [0, 0.05) is 12.5 Å². The molecule has 0 amide bonds. The van der Waals surface area contributed by atoms with Crippen molar-refractivity contribution in [1.82, 2.24) is 4.31 Å². The highest BCUT2D eigenvalue weighted by Crippen LogP contribution is 2.07. The van der Waals surface area contributed by atoms with Crippen molar-refractivity contribution in [2.75, 3.05) is 7.05 Å². The zero-order valence-corrected chi connectivity index (χ0v) is 8.12. The van der Waals surface area contributed by atoms with Gasteiger partial charge in [-0.05, 0) is 12.1 Å². The van der Waals surface area contributed by atoms with Crippen LogP contribution in [0.3, 0.4) is 0 Å². The van der Waals surface area contributed by atoms with E-state index >= 15 is 0 Å². The van der Waals surface area contributed by atoms with Crippen LogP contribution in [-0.2, 0) is 16.6 Å². The fourth-order valence-electron chi connectivity index (χ4n) is 0.839. The minimum absolute atomic E-state index is 0.224. The zero-order valence-electron chi connectivity index (χ0n) is 7.30. The first-order chi connectivity index (χ1) is 6.06. The maximum absolute atomic E-state index is 11.2. The van der Waals surface area contributed by atoms with E-state index in [2.05, 4.69) is 6.58 Å². The summed E-state index contributed by atoms with van der Waals surface area (Å²) in [7, 11) is -1.87. The third-order valence-electron chi connectivity index (χ3n) is 1.60. The first kappa shape index (κ1) is 10.0. The molecule has 1 rings (SSSR count). The highest BCUT2D eigenvalue weighted by atomic mass is 32.2. The molecule has 0 bridgehead atoms. The smallest absolute Gasteiger partial charge is 0.235 e. The molecule has 0 aliphatic heterocycles. The standard InChI is InChI=1S/C8H11NO3S/c1-3-13(10,11)9(2)7-8-5-4-6-12-8/h3-6H,1,7H2,2H3. The van der Waals surface area contributed by atoms with Crippen LogP contribution in [0.2, 0.25) is 0 Å². The zero-order chi connectivity index (χ0) is 9.90. The predicted molar refractivity (Wildman–Crippen MR) is 49.3 cm³/mol. The maximum Gasteiger partial charge on any atom is 0.235 e.